The second-order valence-corrected chi connectivity index (χ2v) is 7.69. The van der Waals surface area contributed by atoms with Gasteiger partial charge in [0, 0.05) is 12.6 Å². The Morgan fingerprint density at radius 2 is 2.00 bits per heavy atom. The number of hydrogen-bond acceptors (Lipinski definition) is 6. The molecule has 0 amide bonds. The Bertz CT molecular complexity index is 824. The summed E-state index contributed by atoms with van der Waals surface area (Å²) in [4.78, 5) is 0.188. The quantitative estimate of drug-likeness (QED) is 0.781. The summed E-state index contributed by atoms with van der Waals surface area (Å²) in [5.74, 6) is 0.781. The molecule has 0 aliphatic carbocycles. The van der Waals surface area contributed by atoms with Crippen LogP contribution in [0.15, 0.2) is 41.3 Å². The van der Waals surface area contributed by atoms with Crippen molar-refractivity contribution in [3.8, 4) is 11.6 Å². The molecule has 1 fully saturated rings. The first-order valence-electron chi connectivity index (χ1n) is 8.19. The van der Waals surface area contributed by atoms with Crippen LogP contribution in [-0.2, 0) is 10.0 Å². The average Bonchev–Trinajstić information content (AvgIpc) is 3.07. The topological polar surface area (TPSA) is 81.6 Å². The van der Waals surface area contributed by atoms with Crippen molar-refractivity contribution in [2.75, 3.05) is 19.7 Å². The van der Waals surface area contributed by atoms with Gasteiger partial charge in [-0.15, -0.1) is 5.10 Å². The first-order chi connectivity index (χ1) is 12.0. The molecule has 7 nitrogen and oxygen atoms in total. The molecule has 0 saturated carbocycles. The molecular weight excluding hydrogens is 342 g/mol. The number of hydrogen-bond donors (Lipinski definition) is 0. The molecule has 8 heteroatoms. The van der Waals surface area contributed by atoms with Crippen LogP contribution in [0.1, 0.15) is 19.0 Å². The SMILES string of the molecule is CCOc1ccccc1S(=O)(=O)N1CC[C@H](Oc2ccc(C)nn2)C1. The fourth-order valence-electron chi connectivity index (χ4n) is 2.71. The van der Waals surface area contributed by atoms with Crippen molar-refractivity contribution in [1.29, 1.82) is 0 Å². The number of nitrogens with zero attached hydrogens (tertiary/aromatic N) is 3. The van der Waals surface area contributed by atoms with Crippen LogP contribution in [0.4, 0.5) is 0 Å². The highest BCUT2D eigenvalue weighted by Crippen LogP contribution is 2.29. The van der Waals surface area contributed by atoms with E-state index in [1.54, 1.807) is 30.3 Å². The molecular formula is C17H21N3O4S. The van der Waals surface area contributed by atoms with E-state index >= 15 is 0 Å². The van der Waals surface area contributed by atoms with Crippen LogP contribution in [0.3, 0.4) is 0 Å². The van der Waals surface area contributed by atoms with Crippen molar-refractivity contribution in [2.45, 2.75) is 31.3 Å². The number of rotatable bonds is 6. The Labute approximate surface area is 147 Å². The van der Waals surface area contributed by atoms with E-state index in [-0.39, 0.29) is 17.5 Å². The molecule has 0 N–H and O–H groups in total. The lowest BCUT2D eigenvalue weighted by atomic mass is 10.3. The van der Waals surface area contributed by atoms with Crippen molar-refractivity contribution < 1.29 is 17.9 Å². The summed E-state index contributed by atoms with van der Waals surface area (Å²) in [7, 11) is -3.63. The normalized spacial score (nSPS) is 18.2. The Hall–Kier alpha value is -2.19. The minimum Gasteiger partial charge on any atom is -0.492 e. The number of aromatic nitrogens is 2. The van der Waals surface area contributed by atoms with Crippen molar-refractivity contribution in [3.63, 3.8) is 0 Å². The fraction of sp³-hybridized carbons (Fsp3) is 0.412. The minimum atomic E-state index is -3.63. The summed E-state index contributed by atoms with van der Waals surface area (Å²) < 4.78 is 38.5. The van der Waals surface area contributed by atoms with Crippen molar-refractivity contribution >= 4 is 10.0 Å². The number of para-hydroxylation sites is 1. The minimum absolute atomic E-state index is 0.188. The molecule has 3 rings (SSSR count). The standard InChI is InChI=1S/C17H21N3O4S/c1-3-23-15-6-4-5-7-16(15)25(21,22)20-11-10-14(12-20)24-17-9-8-13(2)18-19-17/h4-9,14H,3,10-12H2,1-2H3/t14-/m0/s1. The molecule has 1 saturated heterocycles. The van der Waals surface area contributed by atoms with Crippen LogP contribution >= 0.6 is 0 Å². The Morgan fingerprint density at radius 3 is 2.72 bits per heavy atom. The van der Waals surface area contributed by atoms with Gasteiger partial charge in [0.05, 0.1) is 18.8 Å². The van der Waals surface area contributed by atoms with Crippen LogP contribution in [0.5, 0.6) is 11.6 Å². The number of aryl methyl sites for hydroxylation is 1. The van der Waals surface area contributed by atoms with Gasteiger partial charge in [-0.25, -0.2) is 8.42 Å². The van der Waals surface area contributed by atoms with Gasteiger partial charge in [-0.2, -0.15) is 9.40 Å². The van der Waals surface area contributed by atoms with Crippen molar-refractivity contribution in [2.24, 2.45) is 0 Å². The molecule has 1 aromatic carbocycles. The third-order valence-corrected chi connectivity index (χ3v) is 5.84. The molecule has 0 spiro atoms. The molecule has 2 aromatic rings. The smallest absolute Gasteiger partial charge is 0.246 e. The van der Waals surface area contributed by atoms with E-state index in [9.17, 15) is 8.42 Å². The first-order valence-corrected chi connectivity index (χ1v) is 9.63. The Balaban J connectivity index is 1.73. The zero-order chi connectivity index (χ0) is 17.9. The van der Waals surface area contributed by atoms with Crippen LogP contribution in [0.2, 0.25) is 0 Å². The zero-order valence-electron chi connectivity index (χ0n) is 14.3. The van der Waals surface area contributed by atoms with Gasteiger partial charge < -0.3 is 9.47 Å². The van der Waals surface area contributed by atoms with Gasteiger partial charge in [-0.1, -0.05) is 12.1 Å². The lowest BCUT2D eigenvalue weighted by molar-refractivity contribution is 0.204. The molecule has 25 heavy (non-hydrogen) atoms. The van der Waals surface area contributed by atoms with E-state index in [2.05, 4.69) is 10.2 Å². The zero-order valence-corrected chi connectivity index (χ0v) is 15.1. The third-order valence-electron chi connectivity index (χ3n) is 3.94. The Morgan fingerprint density at radius 1 is 1.20 bits per heavy atom. The van der Waals surface area contributed by atoms with E-state index in [0.717, 1.165) is 5.69 Å². The maximum Gasteiger partial charge on any atom is 0.246 e. The Kier molecular flexibility index (Phi) is 5.19. The summed E-state index contributed by atoms with van der Waals surface area (Å²) in [5, 5.41) is 7.91. The molecule has 1 aromatic heterocycles. The van der Waals surface area contributed by atoms with E-state index in [4.69, 9.17) is 9.47 Å². The average molecular weight is 363 g/mol. The van der Waals surface area contributed by atoms with Gasteiger partial charge in [-0.3, -0.25) is 0 Å². The first kappa shape index (κ1) is 17.6. The van der Waals surface area contributed by atoms with E-state index in [1.165, 1.54) is 4.31 Å². The third kappa shape index (κ3) is 3.91. The van der Waals surface area contributed by atoms with Gasteiger partial charge in [0.2, 0.25) is 15.9 Å². The molecule has 134 valence electrons. The van der Waals surface area contributed by atoms with Crippen molar-refractivity contribution in [1.82, 2.24) is 14.5 Å². The van der Waals surface area contributed by atoms with E-state index < -0.39 is 10.0 Å². The summed E-state index contributed by atoms with van der Waals surface area (Å²) in [6.45, 7) is 4.75. The maximum atomic E-state index is 12.9. The molecule has 1 aliphatic heterocycles. The number of ether oxygens (including phenoxy) is 2. The van der Waals surface area contributed by atoms with Gasteiger partial charge in [-0.05, 0) is 38.5 Å². The van der Waals surface area contributed by atoms with Crippen LogP contribution in [0.25, 0.3) is 0 Å². The molecule has 0 unspecified atom stereocenters. The predicted molar refractivity (Wildman–Crippen MR) is 92.2 cm³/mol. The summed E-state index contributed by atoms with van der Waals surface area (Å²) >= 11 is 0. The van der Waals surface area contributed by atoms with Gasteiger partial charge in [0.15, 0.2) is 0 Å². The highest BCUT2D eigenvalue weighted by atomic mass is 32.2. The largest absolute Gasteiger partial charge is 0.492 e. The summed E-state index contributed by atoms with van der Waals surface area (Å²) in [5.41, 5.74) is 0.801. The predicted octanol–water partition coefficient (Wildman–Crippen LogP) is 2.03. The number of benzene rings is 1. The molecule has 1 aliphatic rings. The summed E-state index contributed by atoms with van der Waals surface area (Å²) in [6, 6.07) is 10.2. The summed E-state index contributed by atoms with van der Waals surface area (Å²) in [6.07, 6.45) is 0.358. The molecule has 1 atom stereocenters. The molecule has 0 bridgehead atoms. The van der Waals surface area contributed by atoms with E-state index in [0.29, 0.717) is 31.2 Å². The van der Waals surface area contributed by atoms with E-state index in [1.807, 2.05) is 19.9 Å². The second kappa shape index (κ2) is 7.37. The monoisotopic (exact) mass is 363 g/mol. The maximum absolute atomic E-state index is 12.9. The highest BCUT2D eigenvalue weighted by molar-refractivity contribution is 7.89. The lowest BCUT2D eigenvalue weighted by Gasteiger charge is -2.18. The fourth-order valence-corrected chi connectivity index (χ4v) is 4.33. The molecule has 2 heterocycles. The number of sulfonamides is 1. The van der Waals surface area contributed by atoms with Gasteiger partial charge in [0.1, 0.15) is 16.7 Å². The van der Waals surface area contributed by atoms with Crippen LogP contribution in [0, 0.1) is 6.92 Å². The van der Waals surface area contributed by atoms with Crippen LogP contribution < -0.4 is 9.47 Å². The van der Waals surface area contributed by atoms with Crippen LogP contribution in [-0.4, -0.2) is 48.7 Å². The molecule has 0 radical (unpaired) electrons. The van der Waals surface area contributed by atoms with Crippen molar-refractivity contribution in [3.05, 3.63) is 42.1 Å². The lowest BCUT2D eigenvalue weighted by Crippen LogP contribution is -2.31. The van der Waals surface area contributed by atoms with Gasteiger partial charge >= 0.3 is 0 Å². The highest BCUT2D eigenvalue weighted by Gasteiger charge is 2.35. The second-order valence-electron chi connectivity index (χ2n) is 5.78. The van der Waals surface area contributed by atoms with Gasteiger partial charge in [0.25, 0.3) is 0 Å².